The highest BCUT2D eigenvalue weighted by atomic mass is 32.2. The molecule has 18 heavy (non-hydrogen) atoms. The first-order chi connectivity index (χ1) is 8.24. The van der Waals surface area contributed by atoms with Crippen LogP contribution in [0.5, 0.6) is 0 Å². The Morgan fingerprint density at radius 3 is 2.50 bits per heavy atom. The van der Waals surface area contributed by atoms with Crippen molar-refractivity contribution in [2.75, 3.05) is 13.1 Å². The van der Waals surface area contributed by atoms with Gasteiger partial charge in [-0.05, 0) is 24.1 Å². The molecule has 1 aromatic heterocycles. The fraction of sp³-hybridized carbons (Fsp3) is 0.667. The van der Waals surface area contributed by atoms with E-state index in [4.69, 9.17) is 0 Å². The smallest absolute Gasteiger partial charge is 0.250 e. The van der Waals surface area contributed by atoms with Gasteiger partial charge in [0.25, 0.3) is 0 Å². The minimum Gasteiger partial charge on any atom is -0.312 e. The van der Waals surface area contributed by atoms with Gasteiger partial charge in [-0.25, -0.2) is 13.1 Å². The second kappa shape index (κ2) is 6.14. The number of hydrogen-bond donors (Lipinski definition) is 2. The molecule has 0 amide bonds. The molecule has 0 bridgehead atoms. The first-order valence-corrected chi connectivity index (χ1v) is 8.34. The second-order valence-electron chi connectivity index (χ2n) is 5.39. The van der Waals surface area contributed by atoms with Crippen molar-refractivity contribution in [3.05, 3.63) is 17.0 Å². The van der Waals surface area contributed by atoms with E-state index in [9.17, 15) is 8.42 Å². The lowest BCUT2D eigenvalue weighted by atomic mass is 9.98. The lowest BCUT2D eigenvalue weighted by Crippen LogP contribution is -2.31. The first kappa shape index (κ1) is 15.6. The third-order valence-electron chi connectivity index (χ3n) is 2.24. The van der Waals surface area contributed by atoms with Crippen LogP contribution in [-0.4, -0.2) is 21.5 Å². The van der Waals surface area contributed by atoms with Crippen LogP contribution < -0.4 is 10.0 Å². The van der Waals surface area contributed by atoms with Gasteiger partial charge in [-0.2, -0.15) is 0 Å². The van der Waals surface area contributed by atoms with Gasteiger partial charge in [0.05, 0.1) is 0 Å². The summed E-state index contributed by atoms with van der Waals surface area (Å²) in [5.74, 6) is 0. The van der Waals surface area contributed by atoms with E-state index >= 15 is 0 Å². The van der Waals surface area contributed by atoms with Crippen molar-refractivity contribution in [2.45, 2.75) is 38.4 Å². The Morgan fingerprint density at radius 1 is 1.28 bits per heavy atom. The maximum absolute atomic E-state index is 12.0. The summed E-state index contributed by atoms with van der Waals surface area (Å²) in [6.45, 7) is 10.1. The highest BCUT2D eigenvalue weighted by molar-refractivity contribution is 7.91. The van der Waals surface area contributed by atoms with E-state index in [2.05, 4.69) is 10.0 Å². The van der Waals surface area contributed by atoms with Gasteiger partial charge in [0.15, 0.2) is 0 Å². The summed E-state index contributed by atoms with van der Waals surface area (Å²) in [5.41, 5.74) is -0.0586. The van der Waals surface area contributed by atoms with Gasteiger partial charge in [0, 0.05) is 18.0 Å². The predicted molar refractivity (Wildman–Crippen MR) is 76.3 cm³/mol. The number of sulfonamides is 1. The molecule has 6 heteroatoms. The van der Waals surface area contributed by atoms with Crippen molar-refractivity contribution in [1.29, 1.82) is 0 Å². The van der Waals surface area contributed by atoms with Crippen molar-refractivity contribution < 1.29 is 8.42 Å². The van der Waals surface area contributed by atoms with Crippen LogP contribution in [0.3, 0.4) is 0 Å². The summed E-state index contributed by atoms with van der Waals surface area (Å²) >= 11 is 1.32. The standard InChI is InChI=1S/C12H22N2O2S2/c1-5-13-8-10-6-7-11(17-10)18(15,16)14-9-12(2,3)4/h6-7,13-14H,5,8-9H2,1-4H3. The molecular weight excluding hydrogens is 268 g/mol. The van der Waals surface area contributed by atoms with Crippen LogP contribution in [-0.2, 0) is 16.6 Å². The number of thiophene rings is 1. The molecule has 2 N–H and O–H groups in total. The fourth-order valence-corrected chi connectivity index (χ4v) is 3.88. The van der Waals surface area contributed by atoms with Crippen molar-refractivity contribution in [2.24, 2.45) is 5.41 Å². The summed E-state index contributed by atoms with van der Waals surface area (Å²) in [6, 6.07) is 3.53. The van der Waals surface area contributed by atoms with Crippen LogP contribution in [0.1, 0.15) is 32.6 Å². The Kier molecular flexibility index (Phi) is 5.33. The van der Waals surface area contributed by atoms with Gasteiger partial charge in [0.2, 0.25) is 10.0 Å². The zero-order chi connectivity index (χ0) is 13.8. The molecule has 1 aromatic rings. The third kappa shape index (κ3) is 5.06. The maximum atomic E-state index is 12.0. The summed E-state index contributed by atoms with van der Waals surface area (Å²) in [4.78, 5) is 1.04. The minimum absolute atomic E-state index is 0.0586. The van der Waals surface area contributed by atoms with Crippen LogP contribution in [0.2, 0.25) is 0 Å². The van der Waals surface area contributed by atoms with Crippen LogP contribution in [0, 0.1) is 5.41 Å². The molecule has 0 saturated carbocycles. The summed E-state index contributed by atoms with van der Waals surface area (Å²) in [7, 11) is -3.36. The molecule has 104 valence electrons. The molecule has 0 saturated heterocycles. The predicted octanol–water partition coefficient (Wildman–Crippen LogP) is 2.18. The van der Waals surface area contributed by atoms with Gasteiger partial charge in [-0.1, -0.05) is 27.7 Å². The van der Waals surface area contributed by atoms with Gasteiger partial charge in [-0.15, -0.1) is 11.3 Å². The van der Waals surface area contributed by atoms with Crippen molar-refractivity contribution in [1.82, 2.24) is 10.0 Å². The lowest BCUT2D eigenvalue weighted by Gasteiger charge is -2.18. The summed E-state index contributed by atoms with van der Waals surface area (Å²) in [6.07, 6.45) is 0. The van der Waals surface area contributed by atoms with E-state index in [0.29, 0.717) is 10.8 Å². The highest BCUT2D eigenvalue weighted by Crippen LogP contribution is 2.22. The molecule has 0 aliphatic rings. The van der Waals surface area contributed by atoms with Gasteiger partial charge < -0.3 is 5.32 Å². The zero-order valence-electron chi connectivity index (χ0n) is 11.4. The van der Waals surface area contributed by atoms with Gasteiger partial charge in [0.1, 0.15) is 4.21 Å². The van der Waals surface area contributed by atoms with Crippen LogP contribution in [0.25, 0.3) is 0 Å². The van der Waals surface area contributed by atoms with E-state index in [1.807, 2.05) is 33.8 Å². The molecule has 0 unspecified atom stereocenters. The van der Waals surface area contributed by atoms with E-state index < -0.39 is 10.0 Å². The monoisotopic (exact) mass is 290 g/mol. The molecule has 0 radical (unpaired) electrons. The van der Waals surface area contributed by atoms with Crippen molar-refractivity contribution in [3.63, 3.8) is 0 Å². The van der Waals surface area contributed by atoms with Crippen molar-refractivity contribution >= 4 is 21.4 Å². The summed E-state index contributed by atoms with van der Waals surface area (Å²) in [5, 5.41) is 3.18. The highest BCUT2D eigenvalue weighted by Gasteiger charge is 2.20. The van der Waals surface area contributed by atoms with Crippen molar-refractivity contribution in [3.8, 4) is 0 Å². The molecule has 0 aromatic carbocycles. The topological polar surface area (TPSA) is 58.2 Å². The van der Waals surface area contributed by atoms with Crippen LogP contribution >= 0.6 is 11.3 Å². The maximum Gasteiger partial charge on any atom is 0.250 e. The Labute approximate surface area is 114 Å². The molecule has 1 rings (SSSR count). The third-order valence-corrected chi connectivity index (χ3v) is 5.22. The van der Waals surface area contributed by atoms with Crippen LogP contribution in [0.15, 0.2) is 16.3 Å². The Bertz CT molecular complexity index is 473. The van der Waals surface area contributed by atoms with Gasteiger partial charge >= 0.3 is 0 Å². The summed E-state index contributed by atoms with van der Waals surface area (Å²) < 4.78 is 27.1. The van der Waals surface area contributed by atoms with E-state index in [-0.39, 0.29) is 5.41 Å². The Hall–Kier alpha value is -0.430. The van der Waals surface area contributed by atoms with E-state index in [1.54, 1.807) is 6.07 Å². The molecule has 4 nitrogen and oxygen atoms in total. The largest absolute Gasteiger partial charge is 0.312 e. The minimum atomic E-state index is -3.36. The Balaban J connectivity index is 2.70. The van der Waals surface area contributed by atoms with E-state index in [1.165, 1.54) is 11.3 Å². The quantitative estimate of drug-likeness (QED) is 0.844. The SMILES string of the molecule is CCNCc1ccc(S(=O)(=O)NCC(C)(C)C)s1. The molecule has 0 aliphatic heterocycles. The molecule has 0 spiro atoms. The molecule has 0 atom stereocenters. The lowest BCUT2D eigenvalue weighted by molar-refractivity contribution is 0.408. The first-order valence-electron chi connectivity index (χ1n) is 6.04. The number of hydrogen-bond acceptors (Lipinski definition) is 4. The van der Waals surface area contributed by atoms with Crippen LogP contribution in [0.4, 0.5) is 0 Å². The molecule has 1 heterocycles. The molecule has 0 aliphatic carbocycles. The average Bonchev–Trinajstić information content (AvgIpc) is 2.72. The average molecular weight is 290 g/mol. The zero-order valence-corrected chi connectivity index (χ0v) is 13.0. The number of nitrogens with one attached hydrogen (secondary N) is 2. The van der Waals surface area contributed by atoms with Gasteiger partial charge in [-0.3, -0.25) is 0 Å². The fourth-order valence-electron chi connectivity index (χ4n) is 1.23. The molecular formula is C12H22N2O2S2. The molecule has 0 fully saturated rings. The number of rotatable bonds is 6. The second-order valence-corrected chi connectivity index (χ2v) is 8.55. The normalized spacial score (nSPS) is 12.9. The van der Waals surface area contributed by atoms with E-state index in [0.717, 1.165) is 18.0 Å². The Morgan fingerprint density at radius 2 is 1.94 bits per heavy atom.